The van der Waals surface area contributed by atoms with Crippen molar-refractivity contribution in [3.63, 3.8) is 0 Å². The summed E-state index contributed by atoms with van der Waals surface area (Å²) in [6.07, 6.45) is 0. The van der Waals surface area contributed by atoms with Crippen molar-refractivity contribution >= 4 is 0 Å². The summed E-state index contributed by atoms with van der Waals surface area (Å²) in [7, 11) is 0. The predicted molar refractivity (Wildman–Crippen MR) is 56.2 cm³/mol. The maximum absolute atomic E-state index is 13.8. The van der Waals surface area contributed by atoms with Crippen molar-refractivity contribution in [2.45, 2.75) is 39.5 Å². The quantitative estimate of drug-likeness (QED) is 0.763. The lowest BCUT2D eigenvalue weighted by atomic mass is 9.94. The first-order valence-electron chi connectivity index (χ1n) is 4.95. The molecule has 14 heavy (non-hydrogen) atoms. The van der Waals surface area contributed by atoms with E-state index in [1.807, 2.05) is 27.7 Å². The van der Waals surface area contributed by atoms with Gasteiger partial charge in [-0.25, -0.2) is 4.39 Å². The number of hydrogen-bond acceptors (Lipinski definition) is 1. The summed E-state index contributed by atoms with van der Waals surface area (Å²) < 4.78 is 13.8. The van der Waals surface area contributed by atoms with Crippen LogP contribution in [0.2, 0.25) is 0 Å². The molecule has 2 heteroatoms. The van der Waals surface area contributed by atoms with Crippen LogP contribution >= 0.6 is 0 Å². The van der Waals surface area contributed by atoms with Gasteiger partial charge in [0.2, 0.25) is 0 Å². The van der Waals surface area contributed by atoms with Crippen molar-refractivity contribution in [3.8, 4) is 5.75 Å². The zero-order valence-corrected chi connectivity index (χ0v) is 9.13. The zero-order chi connectivity index (χ0) is 10.9. The van der Waals surface area contributed by atoms with Crippen molar-refractivity contribution in [1.82, 2.24) is 0 Å². The van der Waals surface area contributed by atoms with Gasteiger partial charge in [-0.05, 0) is 35.1 Å². The fourth-order valence-corrected chi connectivity index (χ4v) is 1.49. The summed E-state index contributed by atoms with van der Waals surface area (Å²) in [4.78, 5) is 0. The Morgan fingerprint density at radius 2 is 1.36 bits per heavy atom. The predicted octanol–water partition coefficient (Wildman–Crippen LogP) is 3.78. The molecule has 0 amide bonds. The van der Waals surface area contributed by atoms with Crippen LogP contribution in [0.5, 0.6) is 5.75 Å². The number of benzene rings is 1. The van der Waals surface area contributed by atoms with Crippen LogP contribution in [0.15, 0.2) is 12.1 Å². The van der Waals surface area contributed by atoms with E-state index in [-0.39, 0.29) is 23.4 Å². The van der Waals surface area contributed by atoms with E-state index in [4.69, 9.17) is 0 Å². The second kappa shape index (κ2) is 3.99. The van der Waals surface area contributed by atoms with Gasteiger partial charge in [-0.3, -0.25) is 0 Å². The second-order valence-electron chi connectivity index (χ2n) is 4.25. The molecule has 1 rings (SSSR count). The van der Waals surface area contributed by atoms with Crippen molar-refractivity contribution in [1.29, 1.82) is 0 Å². The zero-order valence-electron chi connectivity index (χ0n) is 9.13. The molecule has 0 saturated carbocycles. The molecular formula is C12H17FO. The Morgan fingerprint density at radius 1 is 1.00 bits per heavy atom. The highest BCUT2D eigenvalue weighted by atomic mass is 19.1. The van der Waals surface area contributed by atoms with Crippen LogP contribution in [0.25, 0.3) is 0 Å². The molecule has 0 heterocycles. The summed E-state index contributed by atoms with van der Waals surface area (Å²) in [5, 5.41) is 9.45. The van der Waals surface area contributed by atoms with E-state index in [2.05, 4.69) is 0 Å². The highest BCUT2D eigenvalue weighted by Gasteiger charge is 2.15. The Labute approximate surface area is 84.6 Å². The lowest BCUT2D eigenvalue weighted by Crippen LogP contribution is -2.00. The molecule has 1 nitrogen and oxygen atoms in total. The second-order valence-corrected chi connectivity index (χ2v) is 4.25. The molecule has 1 N–H and O–H groups in total. The number of phenolic OH excluding ortho intramolecular Hbond substituents is 1. The SMILES string of the molecule is CC(C)c1cc(O)cc(C(C)C)c1F. The monoisotopic (exact) mass is 196 g/mol. The van der Waals surface area contributed by atoms with Crippen molar-refractivity contribution in [2.75, 3.05) is 0 Å². The van der Waals surface area contributed by atoms with E-state index >= 15 is 0 Å². The van der Waals surface area contributed by atoms with Gasteiger partial charge in [-0.2, -0.15) is 0 Å². The van der Waals surface area contributed by atoms with E-state index in [0.29, 0.717) is 11.1 Å². The summed E-state index contributed by atoms with van der Waals surface area (Å²) in [6, 6.07) is 3.01. The molecule has 0 bridgehead atoms. The molecule has 0 radical (unpaired) electrons. The Kier molecular flexibility index (Phi) is 3.14. The minimum absolute atomic E-state index is 0.0969. The maximum Gasteiger partial charge on any atom is 0.130 e. The third-order valence-electron chi connectivity index (χ3n) is 2.36. The van der Waals surface area contributed by atoms with Crippen LogP contribution in [0.1, 0.15) is 50.7 Å². The third kappa shape index (κ3) is 2.06. The first-order chi connectivity index (χ1) is 6.43. The first-order valence-corrected chi connectivity index (χ1v) is 4.95. The third-order valence-corrected chi connectivity index (χ3v) is 2.36. The minimum atomic E-state index is -0.173. The number of rotatable bonds is 2. The fourth-order valence-electron chi connectivity index (χ4n) is 1.49. The average molecular weight is 196 g/mol. The molecule has 0 spiro atoms. The number of phenols is 1. The van der Waals surface area contributed by atoms with Crippen LogP contribution in [0.4, 0.5) is 4.39 Å². The van der Waals surface area contributed by atoms with Gasteiger partial charge in [0.05, 0.1) is 0 Å². The van der Waals surface area contributed by atoms with Crippen LogP contribution in [-0.2, 0) is 0 Å². The summed E-state index contributed by atoms with van der Waals surface area (Å²) in [6.45, 7) is 7.67. The van der Waals surface area contributed by atoms with E-state index < -0.39 is 0 Å². The van der Waals surface area contributed by atoms with Crippen molar-refractivity contribution < 1.29 is 9.50 Å². The smallest absolute Gasteiger partial charge is 0.130 e. The lowest BCUT2D eigenvalue weighted by molar-refractivity contribution is 0.467. The molecule has 1 aromatic carbocycles. The molecular weight excluding hydrogens is 179 g/mol. The molecule has 0 aliphatic carbocycles. The van der Waals surface area contributed by atoms with Crippen molar-refractivity contribution in [3.05, 3.63) is 29.1 Å². The van der Waals surface area contributed by atoms with E-state index in [0.717, 1.165) is 0 Å². The first kappa shape index (κ1) is 11.0. The highest BCUT2D eigenvalue weighted by molar-refractivity contribution is 5.38. The molecule has 0 atom stereocenters. The fraction of sp³-hybridized carbons (Fsp3) is 0.500. The molecule has 0 saturated heterocycles. The van der Waals surface area contributed by atoms with E-state index in [1.165, 1.54) is 12.1 Å². The normalized spacial score (nSPS) is 11.4. The van der Waals surface area contributed by atoms with Gasteiger partial charge in [-0.15, -0.1) is 0 Å². The molecule has 0 unspecified atom stereocenters. The molecule has 0 aliphatic rings. The van der Waals surface area contributed by atoms with Gasteiger partial charge >= 0.3 is 0 Å². The summed E-state index contributed by atoms with van der Waals surface area (Å²) in [5.41, 5.74) is 1.18. The lowest BCUT2D eigenvalue weighted by Gasteiger charge is -2.14. The number of halogens is 1. The number of aromatic hydroxyl groups is 1. The summed E-state index contributed by atoms with van der Waals surface area (Å²) in [5.74, 6) is 0.172. The van der Waals surface area contributed by atoms with Crippen molar-refractivity contribution in [2.24, 2.45) is 0 Å². The Morgan fingerprint density at radius 3 is 1.64 bits per heavy atom. The van der Waals surface area contributed by atoms with Crippen LogP contribution in [0.3, 0.4) is 0 Å². The Hall–Kier alpha value is -1.05. The Balaban J connectivity index is 3.32. The topological polar surface area (TPSA) is 20.2 Å². The van der Waals surface area contributed by atoms with Gasteiger partial charge in [0.1, 0.15) is 11.6 Å². The van der Waals surface area contributed by atoms with Gasteiger partial charge in [0, 0.05) is 0 Å². The number of hydrogen-bond donors (Lipinski definition) is 1. The largest absolute Gasteiger partial charge is 0.508 e. The average Bonchev–Trinajstić information content (AvgIpc) is 2.07. The standard InChI is InChI=1S/C12H17FO/c1-7(2)10-5-9(14)6-11(8(3)4)12(10)13/h5-8,14H,1-4H3. The molecule has 0 aliphatic heterocycles. The van der Waals surface area contributed by atoms with E-state index in [1.54, 1.807) is 0 Å². The van der Waals surface area contributed by atoms with Gasteiger partial charge in [0.15, 0.2) is 0 Å². The van der Waals surface area contributed by atoms with Crippen LogP contribution in [0, 0.1) is 5.82 Å². The molecule has 1 aromatic rings. The Bertz CT molecular complexity index is 300. The molecule has 0 aromatic heterocycles. The molecule has 0 fully saturated rings. The highest BCUT2D eigenvalue weighted by Crippen LogP contribution is 2.30. The van der Waals surface area contributed by atoms with Gasteiger partial charge < -0.3 is 5.11 Å². The van der Waals surface area contributed by atoms with Crippen LogP contribution in [-0.4, -0.2) is 5.11 Å². The summed E-state index contributed by atoms with van der Waals surface area (Å²) >= 11 is 0. The minimum Gasteiger partial charge on any atom is -0.508 e. The van der Waals surface area contributed by atoms with Crippen LogP contribution < -0.4 is 0 Å². The van der Waals surface area contributed by atoms with E-state index in [9.17, 15) is 9.50 Å². The maximum atomic E-state index is 13.8. The van der Waals surface area contributed by atoms with Gasteiger partial charge in [-0.1, -0.05) is 27.7 Å². The molecule has 78 valence electrons. The van der Waals surface area contributed by atoms with Gasteiger partial charge in [0.25, 0.3) is 0 Å².